The van der Waals surface area contributed by atoms with Gasteiger partial charge in [-0.05, 0) is 55.2 Å². The number of nitrogens with zero attached hydrogens (tertiary/aromatic N) is 1. The molecule has 4 atom stereocenters. The monoisotopic (exact) mass is 543 g/mol. The highest BCUT2D eigenvalue weighted by Gasteiger charge is 2.44. The molecule has 0 radical (unpaired) electrons. The second kappa shape index (κ2) is 14.9. The number of likely N-dealkylation sites (tertiary alicyclic amines) is 1. The Morgan fingerprint density at radius 2 is 1.10 bits per heavy atom. The summed E-state index contributed by atoms with van der Waals surface area (Å²) in [5, 5.41) is 0. The lowest BCUT2D eigenvalue weighted by Gasteiger charge is -2.48. The van der Waals surface area contributed by atoms with Crippen molar-refractivity contribution in [1.82, 2.24) is 4.90 Å². The molecule has 1 heterocycles. The molecule has 5 rings (SSSR count). The maximum Gasteiger partial charge on any atom is 0.113 e. The van der Waals surface area contributed by atoms with E-state index in [-0.39, 0.29) is 24.4 Å². The van der Waals surface area contributed by atoms with E-state index in [4.69, 9.17) is 18.9 Å². The maximum absolute atomic E-state index is 6.75. The van der Waals surface area contributed by atoms with Crippen LogP contribution in [0.15, 0.2) is 91.0 Å². The zero-order valence-electron chi connectivity index (χ0n) is 24.1. The summed E-state index contributed by atoms with van der Waals surface area (Å²) < 4.78 is 25.8. The van der Waals surface area contributed by atoms with Crippen molar-refractivity contribution in [1.29, 1.82) is 0 Å². The Balaban J connectivity index is 1.35. The first-order valence-corrected chi connectivity index (χ1v) is 14.9. The Morgan fingerprint density at radius 3 is 1.60 bits per heavy atom. The van der Waals surface area contributed by atoms with Gasteiger partial charge in [-0.1, -0.05) is 91.0 Å². The lowest BCUT2D eigenvalue weighted by molar-refractivity contribution is -0.202. The van der Waals surface area contributed by atoms with Gasteiger partial charge in [-0.2, -0.15) is 0 Å². The van der Waals surface area contributed by atoms with Crippen LogP contribution < -0.4 is 0 Å². The molecule has 0 bridgehead atoms. The van der Waals surface area contributed by atoms with Gasteiger partial charge >= 0.3 is 0 Å². The third-order valence-corrected chi connectivity index (χ3v) is 8.65. The largest absolute Gasteiger partial charge is 0.381 e. The van der Waals surface area contributed by atoms with Crippen molar-refractivity contribution in [3.05, 3.63) is 108 Å². The van der Waals surface area contributed by atoms with Crippen LogP contribution in [-0.4, -0.2) is 55.6 Å². The van der Waals surface area contributed by atoms with E-state index in [1.165, 1.54) is 24.0 Å². The van der Waals surface area contributed by atoms with E-state index in [0.717, 1.165) is 31.5 Å². The first-order valence-electron chi connectivity index (χ1n) is 14.9. The third-order valence-electron chi connectivity index (χ3n) is 8.65. The van der Waals surface area contributed by atoms with Gasteiger partial charge < -0.3 is 18.9 Å². The fourth-order valence-corrected chi connectivity index (χ4v) is 6.21. The predicted octanol–water partition coefficient (Wildman–Crippen LogP) is 6.65. The van der Waals surface area contributed by atoms with E-state index >= 15 is 0 Å². The van der Waals surface area contributed by atoms with Gasteiger partial charge in [-0.15, -0.1) is 0 Å². The van der Waals surface area contributed by atoms with E-state index in [9.17, 15) is 0 Å². The fraction of sp³-hybridized carbons (Fsp3) is 0.486. The molecule has 0 N–H and O–H groups in total. The third kappa shape index (κ3) is 8.02. The van der Waals surface area contributed by atoms with Gasteiger partial charge in [-0.25, -0.2) is 0 Å². The first-order chi connectivity index (χ1) is 19.7. The van der Waals surface area contributed by atoms with E-state index in [1.807, 2.05) is 25.3 Å². The Bertz CT molecular complexity index is 1100. The van der Waals surface area contributed by atoms with E-state index < -0.39 is 0 Å². The number of rotatable bonds is 12. The maximum atomic E-state index is 6.75. The lowest BCUT2D eigenvalue weighted by Crippen LogP contribution is -2.63. The summed E-state index contributed by atoms with van der Waals surface area (Å²) in [7, 11) is 1.84. The van der Waals surface area contributed by atoms with Crippen molar-refractivity contribution in [3.63, 3.8) is 0 Å². The van der Waals surface area contributed by atoms with Crippen LogP contribution in [0.5, 0.6) is 0 Å². The van der Waals surface area contributed by atoms with Crippen LogP contribution in [0.1, 0.15) is 49.3 Å². The smallest absolute Gasteiger partial charge is 0.113 e. The zero-order valence-corrected chi connectivity index (χ0v) is 24.1. The number of benzene rings is 3. The molecule has 2 aliphatic rings. The molecule has 0 amide bonds. The molecule has 5 nitrogen and oxygen atoms in total. The van der Waals surface area contributed by atoms with Gasteiger partial charge in [-0.3, -0.25) is 4.90 Å². The molecule has 0 aromatic heterocycles. The van der Waals surface area contributed by atoms with Gasteiger partial charge in [0.2, 0.25) is 0 Å². The molecule has 3 aromatic rings. The van der Waals surface area contributed by atoms with Crippen LogP contribution >= 0.6 is 0 Å². The molecule has 40 heavy (non-hydrogen) atoms. The molecular formula is C35H45NO4. The number of hydrogen-bond donors (Lipinski definition) is 0. The number of piperidine rings is 1. The molecule has 5 heteroatoms. The molecule has 1 aliphatic heterocycles. The molecule has 4 unspecified atom stereocenters. The van der Waals surface area contributed by atoms with Crippen LogP contribution in [0.4, 0.5) is 0 Å². The Hall–Kier alpha value is -2.54. The number of ether oxygens (including phenoxy) is 4. The van der Waals surface area contributed by atoms with Crippen LogP contribution in [0.2, 0.25) is 0 Å². The minimum atomic E-state index is -0.178. The molecule has 2 fully saturated rings. The molecule has 1 saturated carbocycles. The second-order valence-electron chi connectivity index (χ2n) is 11.4. The molecule has 3 aromatic carbocycles. The van der Waals surface area contributed by atoms with Crippen molar-refractivity contribution in [2.24, 2.45) is 5.92 Å². The SMILES string of the molecule is COC1CCC(CN2CC(OCc3ccccc3)C(OCc3ccccc3)C(OCc3ccccc3)C2C)CC1. The van der Waals surface area contributed by atoms with Gasteiger partial charge in [0.05, 0.1) is 32.0 Å². The summed E-state index contributed by atoms with van der Waals surface area (Å²) in [5.74, 6) is 0.667. The average molecular weight is 544 g/mol. The van der Waals surface area contributed by atoms with E-state index in [1.54, 1.807) is 0 Å². The van der Waals surface area contributed by atoms with E-state index in [0.29, 0.717) is 31.8 Å². The van der Waals surface area contributed by atoms with Crippen LogP contribution in [0.25, 0.3) is 0 Å². The summed E-state index contributed by atoms with van der Waals surface area (Å²) in [6.45, 7) is 5.85. The zero-order chi connectivity index (χ0) is 27.6. The fourth-order valence-electron chi connectivity index (χ4n) is 6.21. The quantitative estimate of drug-likeness (QED) is 0.256. The van der Waals surface area contributed by atoms with Crippen LogP contribution in [0, 0.1) is 5.92 Å². The normalized spacial score (nSPS) is 27.4. The van der Waals surface area contributed by atoms with Gasteiger partial charge in [0.1, 0.15) is 12.2 Å². The molecular weight excluding hydrogens is 498 g/mol. The lowest BCUT2D eigenvalue weighted by atomic mass is 9.85. The highest BCUT2D eigenvalue weighted by atomic mass is 16.6. The van der Waals surface area contributed by atoms with Crippen molar-refractivity contribution >= 4 is 0 Å². The van der Waals surface area contributed by atoms with Crippen LogP contribution in [-0.2, 0) is 38.8 Å². The highest BCUT2D eigenvalue weighted by molar-refractivity contribution is 5.16. The van der Waals surface area contributed by atoms with Gasteiger partial charge in [0.25, 0.3) is 0 Å². The Morgan fingerprint density at radius 1 is 0.625 bits per heavy atom. The Labute approximate surface area is 240 Å². The van der Waals surface area contributed by atoms with Crippen LogP contribution in [0.3, 0.4) is 0 Å². The average Bonchev–Trinajstić information content (AvgIpc) is 3.01. The highest BCUT2D eigenvalue weighted by Crippen LogP contribution is 2.32. The summed E-state index contributed by atoms with van der Waals surface area (Å²) >= 11 is 0. The molecule has 0 spiro atoms. The predicted molar refractivity (Wildman–Crippen MR) is 159 cm³/mol. The summed E-state index contributed by atoms with van der Waals surface area (Å²) in [4.78, 5) is 2.60. The van der Waals surface area contributed by atoms with E-state index in [2.05, 4.69) is 84.6 Å². The van der Waals surface area contributed by atoms with Gasteiger partial charge in [0, 0.05) is 26.2 Å². The van der Waals surface area contributed by atoms with Crippen molar-refractivity contribution < 1.29 is 18.9 Å². The van der Waals surface area contributed by atoms with Crippen molar-refractivity contribution in [3.8, 4) is 0 Å². The topological polar surface area (TPSA) is 40.2 Å². The Kier molecular flexibility index (Phi) is 10.8. The minimum absolute atomic E-state index is 0.101. The standard InChI is InChI=1S/C35H45NO4/c1-27-34(39-25-30-14-8-4-9-15-30)35(40-26-31-16-10-5-11-17-31)33(38-24-29-12-6-3-7-13-29)23-36(27)22-28-18-20-32(37-2)21-19-28/h3-17,27-28,32-35H,18-26H2,1-2H3. The number of hydrogen-bond acceptors (Lipinski definition) is 5. The summed E-state index contributed by atoms with van der Waals surface area (Å²) in [5.41, 5.74) is 3.51. The first kappa shape index (κ1) is 29.0. The minimum Gasteiger partial charge on any atom is -0.381 e. The molecule has 214 valence electrons. The second-order valence-corrected chi connectivity index (χ2v) is 11.4. The van der Waals surface area contributed by atoms with Crippen molar-refractivity contribution in [2.45, 2.75) is 82.9 Å². The molecule has 1 saturated heterocycles. The summed E-state index contributed by atoms with van der Waals surface area (Å²) in [6, 6.07) is 31.5. The number of methoxy groups -OCH3 is 1. The molecule has 1 aliphatic carbocycles. The van der Waals surface area contributed by atoms with Crippen molar-refractivity contribution in [2.75, 3.05) is 20.2 Å². The van der Waals surface area contributed by atoms with Gasteiger partial charge in [0.15, 0.2) is 0 Å². The summed E-state index contributed by atoms with van der Waals surface area (Å²) in [6.07, 6.45) is 4.73.